The van der Waals surface area contributed by atoms with Gasteiger partial charge in [-0.05, 0) is 54.4 Å². The molecule has 1 heterocycles. The van der Waals surface area contributed by atoms with Gasteiger partial charge >= 0.3 is 5.97 Å². The summed E-state index contributed by atoms with van der Waals surface area (Å²) in [5, 5.41) is 33.2. The van der Waals surface area contributed by atoms with Crippen molar-refractivity contribution >= 4 is 22.6 Å². The number of carboxylic acid groups (broad SMARTS) is 1. The number of pyridine rings is 1. The molecule has 3 rings (SSSR count). The normalized spacial score (nSPS) is 11.4. The van der Waals surface area contributed by atoms with Gasteiger partial charge in [-0.3, -0.25) is 9.59 Å². The number of phenols is 1. The van der Waals surface area contributed by atoms with Crippen molar-refractivity contribution in [2.75, 3.05) is 6.54 Å². The molecule has 0 aliphatic heterocycles. The minimum atomic E-state index is -1.13. The highest BCUT2D eigenvalue weighted by Gasteiger charge is 2.28. The first-order valence-electron chi connectivity index (χ1n) is 8.61. The molecule has 0 fully saturated rings. The van der Waals surface area contributed by atoms with E-state index in [2.05, 4.69) is 10.3 Å². The molecule has 0 radical (unpaired) electrons. The number of nitrogens with one attached hydrogen (secondary N) is 1. The van der Waals surface area contributed by atoms with Gasteiger partial charge in [0.05, 0.1) is 5.41 Å². The fourth-order valence-corrected chi connectivity index (χ4v) is 2.66. The van der Waals surface area contributed by atoms with Gasteiger partial charge in [0.2, 0.25) is 0 Å². The molecule has 0 saturated carbocycles. The average molecular weight is 380 g/mol. The van der Waals surface area contributed by atoms with Gasteiger partial charge < -0.3 is 20.6 Å². The number of hydrogen-bond acceptors (Lipinski definition) is 5. The minimum Gasteiger partial charge on any atom is -0.508 e. The zero-order chi connectivity index (χ0) is 20.5. The molecule has 0 atom stereocenters. The summed E-state index contributed by atoms with van der Waals surface area (Å²) in [6, 6.07) is 12.0. The van der Waals surface area contributed by atoms with Crippen LogP contribution in [0.5, 0.6) is 11.5 Å². The summed E-state index contributed by atoms with van der Waals surface area (Å²) >= 11 is 0. The van der Waals surface area contributed by atoms with E-state index in [-0.39, 0.29) is 23.7 Å². The lowest BCUT2D eigenvalue weighted by Gasteiger charge is -2.19. The smallest absolute Gasteiger partial charge is 0.310 e. The van der Waals surface area contributed by atoms with E-state index in [4.69, 9.17) is 5.11 Å². The molecule has 0 bridgehead atoms. The molecule has 0 aliphatic carbocycles. The van der Waals surface area contributed by atoms with Gasteiger partial charge in [-0.15, -0.1) is 0 Å². The van der Waals surface area contributed by atoms with Gasteiger partial charge in [0.25, 0.3) is 5.91 Å². The van der Waals surface area contributed by atoms with Crippen LogP contribution < -0.4 is 5.32 Å². The van der Waals surface area contributed by atoms with Crippen molar-refractivity contribution in [2.24, 2.45) is 5.41 Å². The lowest BCUT2D eigenvalue weighted by molar-refractivity contribution is -0.146. The first-order chi connectivity index (χ1) is 13.2. The number of phenolic OH excluding ortho intramolecular Hbond substituents is 1. The van der Waals surface area contributed by atoms with Crippen molar-refractivity contribution in [1.29, 1.82) is 0 Å². The Morgan fingerprint density at radius 1 is 1.00 bits per heavy atom. The third-order valence-corrected chi connectivity index (χ3v) is 4.51. The van der Waals surface area contributed by atoms with Crippen LogP contribution >= 0.6 is 0 Å². The molecule has 0 saturated heterocycles. The highest BCUT2D eigenvalue weighted by molar-refractivity contribution is 5.96. The zero-order valence-corrected chi connectivity index (χ0v) is 15.4. The number of rotatable bonds is 5. The molecular weight excluding hydrogens is 360 g/mol. The van der Waals surface area contributed by atoms with Crippen LogP contribution in [0.25, 0.3) is 21.9 Å². The number of aromatic nitrogens is 1. The molecule has 7 heteroatoms. The number of carbonyl (C=O) groups excluding carboxylic acids is 1. The average Bonchev–Trinajstić information content (AvgIpc) is 2.65. The molecule has 28 heavy (non-hydrogen) atoms. The Balaban J connectivity index is 1.83. The maximum absolute atomic E-state index is 12.2. The third-order valence-electron chi connectivity index (χ3n) is 4.51. The second kappa shape index (κ2) is 7.19. The van der Waals surface area contributed by atoms with E-state index in [1.165, 1.54) is 26.1 Å². The number of carboxylic acids is 1. The molecule has 0 spiro atoms. The molecule has 1 amide bonds. The second-order valence-electron chi connectivity index (χ2n) is 7.21. The van der Waals surface area contributed by atoms with E-state index in [1.54, 1.807) is 18.2 Å². The predicted octanol–water partition coefficient (Wildman–Crippen LogP) is 3.15. The lowest BCUT2D eigenvalue weighted by atomic mass is 9.94. The van der Waals surface area contributed by atoms with Crippen LogP contribution in [0, 0.1) is 5.41 Å². The fourth-order valence-electron chi connectivity index (χ4n) is 2.66. The van der Waals surface area contributed by atoms with Crippen LogP contribution in [-0.2, 0) is 4.79 Å². The number of aromatic hydroxyl groups is 2. The predicted molar refractivity (Wildman–Crippen MR) is 104 cm³/mol. The Kier molecular flexibility index (Phi) is 4.92. The van der Waals surface area contributed by atoms with Crippen LogP contribution in [0.4, 0.5) is 0 Å². The van der Waals surface area contributed by atoms with Crippen molar-refractivity contribution in [3.05, 3.63) is 54.4 Å². The van der Waals surface area contributed by atoms with E-state index in [0.717, 1.165) is 16.3 Å². The topological polar surface area (TPSA) is 120 Å². The molecular formula is C21H20N2O5. The summed E-state index contributed by atoms with van der Waals surface area (Å²) < 4.78 is 0. The van der Waals surface area contributed by atoms with Crippen molar-refractivity contribution < 1.29 is 24.9 Å². The summed E-state index contributed by atoms with van der Waals surface area (Å²) in [5.74, 6) is -1.80. The van der Waals surface area contributed by atoms with Gasteiger partial charge in [0.15, 0.2) is 5.69 Å². The van der Waals surface area contributed by atoms with E-state index >= 15 is 0 Å². The highest BCUT2D eigenvalue weighted by atomic mass is 16.4. The number of aliphatic carboxylic acids is 1. The van der Waals surface area contributed by atoms with Crippen molar-refractivity contribution in [1.82, 2.24) is 10.3 Å². The maximum atomic E-state index is 12.2. The summed E-state index contributed by atoms with van der Waals surface area (Å²) in [7, 11) is 0. The molecule has 1 aromatic heterocycles. The van der Waals surface area contributed by atoms with E-state index in [9.17, 15) is 19.8 Å². The molecule has 3 aromatic rings. The Labute approximate surface area is 161 Å². The molecule has 2 aromatic carbocycles. The van der Waals surface area contributed by atoms with E-state index in [1.807, 2.05) is 18.2 Å². The van der Waals surface area contributed by atoms with Gasteiger partial charge in [-0.2, -0.15) is 0 Å². The SMILES string of the molecule is CC(C)(CNC(=O)c1ncc(-c2ccc3cc(O)ccc3c2)cc1O)C(=O)O. The van der Waals surface area contributed by atoms with Gasteiger partial charge in [-0.25, -0.2) is 4.98 Å². The van der Waals surface area contributed by atoms with Crippen LogP contribution in [-0.4, -0.2) is 38.7 Å². The number of amides is 1. The summed E-state index contributed by atoms with van der Waals surface area (Å²) in [6.07, 6.45) is 1.47. The first kappa shape index (κ1) is 19.2. The number of benzene rings is 2. The summed E-state index contributed by atoms with van der Waals surface area (Å²) in [4.78, 5) is 27.4. The number of fused-ring (bicyclic) bond motifs is 1. The second-order valence-corrected chi connectivity index (χ2v) is 7.21. The van der Waals surface area contributed by atoms with Crippen LogP contribution in [0.15, 0.2) is 48.7 Å². The van der Waals surface area contributed by atoms with Crippen LogP contribution in [0.2, 0.25) is 0 Å². The molecule has 144 valence electrons. The lowest BCUT2D eigenvalue weighted by Crippen LogP contribution is -2.39. The zero-order valence-electron chi connectivity index (χ0n) is 15.4. The summed E-state index contributed by atoms with van der Waals surface area (Å²) in [5.41, 5.74) is 0.107. The van der Waals surface area contributed by atoms with Crippen LogP contribution in [0.1, 0.15) is 24.3 Å². The Hall–Kier alpha value is -3.61. The quantitative estimate of drug-likeness (QED) is 0.540. The monoisotopic (exact) mass is 380 g/mol. The van der Waals surface area contributed by atoms with E-state index in [0.29, 0.717) is 5.56 Å². The molecule has 7 nitrogen and oxygen atoms in total. The number of carbonyl (C=O) groups is 2. The van der Waals surface area contributed by atoms with Crippen LogP contribution in [0.3, 0.4) is 0 Å². The van der Waals surface area contributed by atoms with Crippen molar-refractivity contribution in [2.45, 2.75) is 13.8 Å². The standard InChI is InChI=1S/C21H20N2O5/c1-21(2,20(27)28)11-23-19(26)18-17(25)9-15(10-22-18)13-3-4-14-8-16(24)6-5-12(14)7-13/h3-10,24-25H,11H2,1-2H3,(H,23,26)(H,27,28). The third kappa shape index (κ3) is 3.88. The molecule has 4 N–H and O–H groups in total. The first-order valence-corrected chi connectivity index (χ1v) is 8.61. The molecule has 0 aliphatic rings. The fraction of sp³-hybridized carbons (Fsp3) is 0.190. The highest BCUT2D eigenvalue weighted by Crippen LogP contribution is 2.29. The van der Waals surface area contributed by atoms with Gasteiger partial charge in [0.1, 0.15) is 11.5 Å². The Morgan fingerprint density at radius 3 is 2.36 bits per heavy atom. The number of hydrogen-bond donors (Lipinski definition) is 4. The van der Waals surface area contributed by atoms with Gasteiger partial charge in [0, 0.05) is 18.3 Å². The Bertz CT molecular complexity index is 1080. The maximum Gasteiger partial charge on any atom is 0.310 e. The Morgan fingerprint density at radius 2 is 1.68 bits per heavy atom. The number of nitrogens with zero attached hydrogens (tertiary/aromatic N) is 1. The minimum absolute atomic E-state index is 0.0957. The molecule has 0 unspecified atom stereocenters. The van der Waals surface area contributed by atoms with Gasteiger partial charge in [-0.1, -0.05) is 18.2 Å². The van der Waals surface area contributed by atoms with Crippen molar-refractivity contribution in [3.63, 3.8) is 0 Å². The largest absolute Gasteiger partial charge is 0.508 e. The van der Waals surface area contributed by atoms with Crippen molar-refractivity contribution in [3.8, 4) is 22.6 Å². The van der Waals surface area contributed by atoms with E-state index < -0.39 is 17.3 Å². The summed E-state index contributed by atoms with van der Waals surface area (Å²) in [6.45, 7) is 2.89.